The molecule has 0 radical (unpaired) electrons. The summed E-state index contributed by atoms with van der Waals surface area (Å²) in [4.78, 5) is 22.2. The predicted octanol–water partition coefficient (Wildman–Crippen LogP) is 0.453. The minimum absolute atomic E-state index is 0.452. The number of nitrogens with one attached hydrogen (secondary N) is 2. The maximum atomic E-state index is 11.6. The van der Waals surface area contributed by atoms with Crippen LogP contribution in [0.1, 0.15) is 6.92 Å². The molecule has 0 saturated carbocycles. The number of imide groups is 1. The van der Waals surface area contributed by atoms with Gasteiger partial charge in [0.15, 0.2) is 11.5 Å². The number of amides is 3. The van der Waals surface area contributed by atoms with Gasteiger partial charge in [-0.1, -0.05) is 6.07 Å². The lowest BCUT2D eigenvalue weighted by Gasteiger charge is -2.23. The van der Waals surface area contributed by atoms with Crippen LogP contribution in [0, 0.1) is 0 Å². The van der Waals surface area contributed by atoms with Gasteiger partial charge in [-0.05, 0) is 19.1 Å². The third kappa shape index (κ3) is 3.06. The summed E-state index contributed by atoms with van der Waals surface area (Å²) in [5.74, 6) is 0.674. The number of nitrogens with two attached hydrogens (primary N) is 1. The highest BCUT2D eigenvalue weighted by Gasteiger charge is 2.20. The van der Waals surface area contributed by atoms with E-state index in [0.29, 0.717) is 30.4 Å². The lowest BCUT2D eigenvalue weighted by molar-refractivity contribution is -0.120. The number of carbonyl (C=O) groups is 2. The van der Waals surface area contributed by atoms with Crippen LogP contribution in [0.15, 0.2) is 18.2 Å². The number of hydrogen-bond acceptors (Lipinski definition) is 5. The Morgan fingerprint density at radius 2 is 2.05 bits per heavy atom. The molecule has 7 heteroatoms. The molecular weight excluding hydrogens is 250 g/mol. The number of fused-ring (bicyclic) bond motifs is 1. The minimum Gasteiger partial charge on any atom is -0.486 e. The van der Waals surface area contributed by atoms with Crippen LogP contribution < -0.4 is 25.8 Å². The number of urea groups is 1. The standard InChI is InChI=1S/C12H15N3O4/c1-7(11(16)15-12(13)17)14-8-3-2-4-9-10(8)19-6-5-18-9/h2-4,7,14H,5-6H2,1H3,(H3,13,15,16,17)/t7-/m1/s1. The van der Waals surface area contributed by atoms with Crippen LogP contribution in [0.5, 0.6) is 11.5 Å². The summed E-state index contributed by atoms with van der Waals surface area (Å²) in [6.07, 6.45) is 0. The fourth-order valence-corrected chi connectivity index (χ4v) is 1.72. The third-order valence-electron chi connectivity index (χ3n) is 2.58. The Labute approximate surface area is 110 Å². The first-order chi connectivity index (χ1) is 9.08. The van der Waals surface area contributed by atoms with Gasteiger partial charge in [-0.15, -0.1) is 0 Å². The van der Waals surface area contributed by atoms with E-state index >= 15 is 0 Å². The van der Waals surface area contributed by atoms with Gasteiger partial charge < -0.3 is 20.5 Å². The summed E-state index contributed by atoms with van der Waals surface area (Å²) in [5, 5.41) is 4.96. The van der Waals surface area contributed by atoms with Gasteiger partial charge in [0.1, 0.15) is 19.3 Å². The van der Waals surface area contributed by atoms with Crippen molar-refractivity contribution in [2.75, 3.05) is 18.5 Å². The summed E-state index contributed by atoms with van der Waals surface area (Å²) >= 11 is 0. The number of ether oxygens (including phenoxy) is 2. The zero-order valence-corrected chi connectivity index (χ0v) is 10.4. The Morgan fingerprint density at radius 1 is 1.32 bits per heavy atom. The van der Waals surface area contributed by atoms with Gasteiger partial charge >= 0.3 is 6.03 Å². The van der Waals surface area contributed by atoms with Gasteiger partial charge in [0.2, 0.25) is 5.91 Å². The number of hydrogen-bond donors (Lipinski definition) is 3. The molecule has 1 aromatic carbocycles. The first-order valence-corrected chi connectivity index (χ1v) is 5.83. The zero-order valence-electron chi connectivity index (χ0n) is 10.4. The normalized spacial score (nSPS) is 14.4. The highest BCUT2D eigenvalue weighted by molar-refractivity contribution is 5.97. The van der Waals surface area contributed by atoms with E-state index in [1.54, 1.807) is 25.1 Å². The van der Waals surface area contributed by atoms with Crippen molar-refractivity contribution in [2.24, 2.45) is 5.73 Å². The number of primary amides is 1. The number of para-hydroxylation sites is 1. The third-order valence-corrected chi connectivity index (χ3v) is 2.58. The van der Waals surface area contributed by atoms with Crippen molar-refractivity contribution < 1.29 is 19.1 Å². The average molecular weight is 265 g/mol. The van der Waals surface area contributed by atoms with Crippen LogP contribution in [-0.2, 0) is 4.79 Å². The van der Waals surface area contributed by atoms with E-state index in [0.717, 1.165) is 0 Å². The predicted molar refractivity (Wildman–Crippen MR) is 68.2 cm³/mol. The van der Waals surface area contributed by atoms with Gasteiger partial charge in [0.25, 0.3) is 0 Å². The van der Waals surface area contributed by atoms with Crippen LogP contribution in [0.2, 0.25) is 0 Å². The second kappa shape index (κ2) is 5.47. The van der Waals surface area contributed by atoms with Crippen molar-refractivity contribution >= 4 is 17.6 Å². The molecule has 102 valence electrons. The SMILES string of the molecule is C[C@@H](Nc1cccc2c1OCCO2)C(=O)NC(N)=O. The van der Waals surface area contributed by atoms with Crippen LogP contribution in [0.4, 0.5) is 10.5 Å². The summed E-state index contributed by atoms with van der Waals surface area (Å²) in [7, 11) is 0. The largest absolute Gasteiger partial charge is 0.486 e. The van der Waals surface area contributed by atoms with Crippen LogP contribution in [-0.4, -0.2) is 31.2 Å². The quantitative estimate of drug-likeness (QED) is 0.736. The molecule has 2 rings (SSSR count). The fourth-order valence-electron chi connectivity index (χ4n) is 1.72. The first-order valence-electron chi connectivity index (χ1n) is 5.83. The van der Waals surface area contributed by atoms with Crippen molar-refractivity contribution in [2.45, 2.75) is 13.0 Å². The van der Waals surface area contributed by atoms with E-state index in [-0.39, 0.29) is 0 Å². The molecule has 0 aromatic heterocycles. The molecule has 4 N–H and O–H groups in total. The molecule has 0 bridgehead atoms. The number of anilines is 1. The molecule has 0 spiro atoms. The number of benzene rings is 1. The molecule has 3 amide bonds. The highest BCUT2D eigenvalue weighted by Crippen LogP contribution is 2.37. The Bertz CT molecular complexity index is 504. The van der Waals surface area contributed by atoms with Gasteiger partial charge in [-0.25, -0.2) is 4.79 Å². The lowest BCUT2D eigenvalue weighted by atomic mass is 10.2. The van der Waals surface area contributed by atoms with E-state index in [9.17, 15) is 9.59 Å². The molecule has 0 saturated heterocycles. The average Bonchev–Trinajstić information content (AvgIpc) is 2.38. The molecule has 0 unspecified atom stereocenters. The zero-order chi connectivity index (χ0) is 13.8. The molecule has 0 aliphatic carbocycles. The molecule has 1 aromatic rings. The molecule has 19 heavy (non-hydrogen) atoms. The van der Waals surface area contributed by atoms with Crippen molar-refractivity contribution in [1.29, 1.82) is 0 Å². The van der Waals surface area contributed by atoms with Crippen LogP contribution in [0.25, 0.3) is 0 Å². The maximum Gasteiger partial charge on any atom is 0.318 e. The molecule has 1 heterocycles. The minimum atomic E-state index is -0.881. The smallest absolute Gasteiger partial charge is 0.318 e. The maximum absolute atomic E-state index is 11.6. The van der Waals surface area contributed by atoms with Gasteiger partial charge in [0, 0.05) is 0 Å². The molecule has 1 aliphatic heterocycles. The Kier molecular flexibility index (Phi) is 3.74. The van der Waals surface area contributed by atoms with Crippen molar-refractivity contribution in [3.8, 4) is 11.5 Å². The summed E-state index contributed by atoms with van der Waals surface area (Å²) in [6, 6.07) is 3.82. The molecule has 1 atom stereocenters. The van der Waals surface area contributed by atoms with Gasteiger partial charge in [0.05, 0.1) is 5.69 Å². The second-order valence-corrected chi connectivity index (χ2v) is 4.05. The van der Waals surface area contributed by atoms with E-state index in [1.165, 1.54) is 0 Å². The topological polar surface area (TPSA) is 103 Å². The Morgan fingerprint density at radius 3 is 2.79 bits per heavy atom. The van der Waals surface area contributed by atoms with Gasteiger partial charge in [-0.3, -0.25) is 10.1 Å². The first kappa shape index (κ1) is 13.0. The van der Waals surface area contributed by atoms with E-state index < -0.39 is 18.0 Å². The van der Waals surface area contributed by atoms with Crippen molar-refractivity contribution in [3.05, 3.63) is 18.2 Å². The van der Waals surface area contributed by atoms with E-state index in [2.05, 4.69) is 5.32 Å². The monoisotopic (exact) mass is 265 g/mol. The summed E-state index contributed by atoms with van der Waals surface area (Å²) in [6.45, 7) is 2.56. The Hall–Kier alpha value is -2.44. The summed E-state index contributed by atoms with van der Waals surface area (Å²) in [5.41, 5.74) is 5.52. The Balaban J connectivity index is 2.10. The summed E-state index contributed by atoms with van der Waals surface area (Å²) < 4.78 is 10.9. The van der Waals surface area contributed by atoms with Crippen LogP contribution >= 0.6 is 0 Å². The lowest BCUT2D eigenvalue weighted by Crippen LogP contribution is -2.43. The molecular formula is C12H15N3O4. The van der Waals surface area contributed by atoms with Crippen LogP contribution in [0.3, 0.4) is 0 Å². The van der Waals surface area contributed by atoms with Crippen molar-refractivity contribution in [3.63, 3.8) is 0 Å². The molecule has 7 nitrogen and oxygen atoms in total. The number of carbonyl (C=O) groups excluding carboxylic acids is 2. The molecule has 1 aliphatic rings. The van der Waals surface area contributed by atoms with E-state index in [1.807, 2.05) is 5.32 Å². The highest BCUT2D eigenvalue weighted by atomic mass is 16.6. The second-order valence-electron chi connectivity index (χ2n) is 4.05. The van der Waals surface area contributed by atoms with Gasteiger partial charge in [-0.2, -0.15) is 0 Å². The molecule has 0 fully saturated rings. The number of rotatable bonds is 3. The van der Waals surface area contributed by atoms with Crippen molar-refractivity contribution in [1.82, 2.24) is 5.32 Å². The van der Waals surface area contributed by atoms with E-state index in [4.69, 9.17) is 15.2 Å². The fraction of sp³-hybridized carbons (Fsp3) is 0.333.